The highest BCUT2D eigenvalue weighted by Crippen LogP contribution is 2.46. The summed E-state index contributed by atoms with van der Waals surface area (Å²) in [6.45, 7) is 1.92. The van der Waals surface area contributed by atoms with Gasteiger partial charge < -0.3 is 4.74 Å². The van der Waals surface area contributed by atoms with Gasteiger partial charge in [0.2, 0.25) is 0 Å². The van der Waals surface area contributed by atoms with Gasteiger partial charge in [0.15, 0.2) is 5.78 Å². The SMILES string of the molecule is COc1ccc(C2=C(C)C(=O)C(c3ccccc3)=C2c2ccccc2)cc1. The molecule has 3 aromatic rings. The Morgan fingerprint density at radius 2 is 1.07 bits per heavy atom. The Morgan fingerprint density at radius 3 is 1.59 bits per heavy atom. The monoisotopic (exact) mass is 352 g/mol. The van der Waals surface area contributed by atoms with Crippen LogP contribution in [0.1, 0.15) is 23.6 Å². The minimum absolute atomic E-state index is 0.0888. The smallest absolute Gasteiger partial charge is 0.190 e. The normalized spacial score (nSPS) is 14.1. The number of benzene rings is 3. The third-order valence-corrected chi connectivity index (χ3v) is 4.95. The summed E-state index contributed by atoms with van der Waals surface area (Å²) in [4.78, 5) is 13.3. The first-order chi connectivity index (χ1) is 13.2. The first-order valence-electron chi connectivity index (χ1n) is 8.96. The molecule has 0 aromatic heterocycles. The van der Waals surface area contributed by atoms with Crippen molar-refractivity contribution in [2.45, 2.75) is 6.92 Å². The van der Waals surface area contributed by atoms with E-state index in [1.54, 1.807) is 7.11 Å². The Kier molecular flexibility index (Phi) is 4.47. The fourth-order valence-electron chi connectivity index (χ4n) is 3.62. The lowest BCUT2D eigenvalue weighted by atomic mass is 9.90. The Morgan fingerprint density at radius 1 is 0.593 bits per heavy atom. The number of carbonyl (C=O) groups is 1. The quantitative estimate of drug-likeness (QED) is 0.605. The van der Waals surface area contributed by atoms with E-state index >= 15 is 0 Å². The van der Waals surface area contributed by atoms with Gasteiger partial charge >= 0.3 is 0 Å². The van der Waals surface area contributed by atoms with Crippen molar-refractivity contribution in [2.24, 2.45) is 0 Å². The molecular formula is C25H20O2. The summed E-state index contributed by atoms with van der Waals surface area (Å²) < 4.78 is 5.29. The second kappa shape index (κ2) is 7.08. The van der Waals surface area contributed by atoms with Gasteiger partial charge in [0.25, 0.3) is 0 Å². The van der Waals surface area contributed by atoms with Crippen molar-refractivity contribution in [1.29, 1.82) is 0 Å². The molecule has 3 aromatic carbocycles. The third kappa shape index (κ3) is 3.00. The van der Waals surface area contributed by atoms with Gasteiger partial charge in [-0.15, -0.1) is 0 Å². The standard InChI is InChI=1S/C25H20O2/c1-17-22(20-13-15-21(27-2)16-14-20)23(18-9-5-3-6-10-18)24(25(17)26)19-11-7-4-8-12-19/h3-16H,1-2H3. The molecule has 0 saturated carbocycles. The molecule has 0 aliphatic heterocycles. The molecule has 0 fully saturated rings. The van der Waals surface area contributed by atoms with Gasteiger partial charge in [-0.25, -0.2) is 0 Å². The van der Waals surface area contributed by atoms with Crippen molar-refractivity contribution in [3.63, 3.8) is 0 Å². The summed E-state index contributed by atoms with van der Waals surface area (Å²) in [7, 11) is 1.65. The zero-order valence-corrected chi connectivity index (χ0v) is 15.4. The molecule has 0 radical (unpaired) electrons. The molecule has 132 valence electrons. The van der Waals surface area contributed by atoms with E-state index < -0.39 is 0 Å². The summed E-state index contributed by atoms with van der Waals surface area (Å²) in [5.74, 6) is 0.890. The second-order valence-corrected chi connectivity index (χ2v) is 6.54. The molecule has 0 unspecified atom stereocenters. The largest absolute Gasteiger partial charge is 0.497 e. The summed E-state index contributed by atoms with van der Waals surface area (Å²) in [5.41, 5.74) is 6.55. The number of Topliss-reactive ketones (excluding diaryl/α,β-unsaturated/α-hetero) is 1. The van der Waals surface area contributed by atoms with Crippen molar-refractivity contribution < 1.29 is 9.53 Å². The van der Waals surface area contributed by atoms with E-state index in [1.807, 2.05) is 79.7 Å². The maximum atomic E-state index is 13.3. The van der Waals surface area contributed by atoms with Crippen LogP contribution < -0.4 is 4.74 Å². The average molecular weight is 352 g/mol. The second-order valence-electron chi connectivity index (χ2n) is 6.54. The maximum absolute atomic E-state index is 13.3. The lowest BCUT2D eigenvalue weighted by molar-refractivity contribution is -0.110. The number of hydrogen-bond acceptors (Lipinski definition) is 2. The lowest BCUT2D eigenvalue weighted by Crippen LogP contribution is -1.99. The molecular weight excluding hydrogens is 332 g/mol. The van der Waals surface area contributed by atoms with Gasteiger partial charge in [-0.2, -0.15) is 0 Å². The fraction of sp³-hybridized carbons (Fsp3) is 0.0800. The van der Waals surface area contributed by atoms with Gasteiger partial charge in [-0.05, 0) is 41.3 Å². The van der Waals surface area contributed by atoms with Crippen LogP contribution in [0.15, 0.2) is 90.5 Å². The van der Waals surface area contributed by atoms with E-state index in [-0.39, 0.29) is 5.78 Å². The van der Waals surface area contributed by atoms with E-state index in [0.717, 1.165) is 44.7 Å². The number of allylic oxidation sites excluding steroid dienone is 4. The Bertz CT molecular complexity index is 1040. The number of methoxy groups -OCH3 is 1. The zero-order valence-electron chi connectivity index (χ0n) is 15.4. The molecule has 0 saturated heterocycles. The van der Waals surface area contributed by atoms with Crippen LogP contribution in [0.25, 0.3) is 16.7 Å². The highest BCUT2D eigenvalue weighted by Gasteiger charge is 2.32. The zero-order chi connectivity index (χ0) is 18.8. The molecule has 4 rings (SSSR count). The van der Waals surface area contributed by atoms with Crippen LogP contribution in [-0.4, -0.2) is 12.9 Å². The maximum Gasteiger partial charge on any atom is 0.190 e. The first kappa shape index (κ1) is 17.0. The summed E-state index contributed by atoms with van der Waals surface area (Å²) in [6, 6.07) is 27.9. The van der Waals surface area contributed by atoms with Gasteiger partial charge in [0.1, 0.15) is 5.75 Å². The molecule has 0 heterocycles. The Labute approximate surface area is 159 Å². The number of carbonyl (C=O) groups excluding carboxylic acids is 1. The Hall–Kier alpha value is -3.39. The number of ether oxygens (including phenoxy) is 1. The van der Waals surface area contributed by atoms with Crippen molar-refractivity contribution in [3.05, 3.63) is 107 Å². The van der Waals surface area contributed by atoms with E-state index in [4.69, 9.17) is 4.74 Å². The Balaban J connectivity index is 1.98. The highest BCUT2D eigenvalue weighted by atomic mass is 16.5. The van der Waals surface area contributed by atoms with Crippen LogP contribution in [0.2, 0.25) is 0 Å². The summed E-state index contributed by atoms with van der Waals surface area (Å²) >= 11 is 0. The van der Waals surface area contributed by atoms with Gasteiger partial charge in [-0.1, -0.05) is 72.8 Å². The molecule has 2 nitrogen and oxygen atoms in total. The van der Waals surface area contributed by atoms with Crippen LogP contribution in [0.5, 0.6) is 5.75 Å². The highest BCUT2D eigenvalue weighted by molar-refractivity contribution is 6.47. The first-order valence-corrected chi connectivity index (χ1v) is 8.96. The number of rotatable bonds is 4. The van der Waals surface area contributed by atoms with E-state index in [1.165, 1.54) is 0 Å². The lowest BCUT2D eigenvalue weighted by Gasteiger charge is -2.13. The minimum atomic E-state index is 0.0888. The van der Waals surface area contributed by atoms with Crippen LogP contribution >= 0.6 is 0 Å². The predicted molar refractivity (Wildman–Crippen MR) is 110 cm³/mol. The molecule has 0 amide bonds. The molecule has 2 heteroatoms. The molecule has 0 N–H and O–H groups in total. The van der Waals surface area contributed by atoms with Crippen LogP contribution in [-0.2, 0) is 4.79 Å². The summed E-state index contributed by atoms with van der Waals surface area (Å²) in [5, 5.41) is 0. The van der Waals surface area contributed by atoms with Crippen molar-refractivity contribution >= 4 is 22.5 Å². The van der Waals surface area contributed by atoms with Crippen LogP contribution in [0.3, 0.4) is 0 Å². The van der Waals surface area contributed by atoms with Crippen LogP contribution in [0.4, 0.5) is 0 Å². The topological polar surface area (TPSA) is 26.3 Å². The molecule has 1 aliphatic carbocycles. The molecule has 27 heavy (non-hydrogen) atoms. The summed E-state index contributed by atoms with van der Waals surface area (Å²) in [6.07, 6.45) is 0. The fourth-order valence-corrected chi connectivity index (χ4v) is 3.62. The van der Waals surface area contributed by atoms with Gasteiger partial charge in [0, 0.05) is 16.7 Å². The molecule has 0 spiro atoms. The third-order valence-electron chi connectivity index (χ3n) is 4.95. The van der Waals surface area contributed by atoms with Gasteiger partial charge in [-0.3, -0.25) is 4.79 Å². The van der Waals surface area contributed by atoms with E-state index in [0.29, 0.717) is 0 Å². The molecule has 1 aliphatic rings. The molecule has 0 atom stereocenters. The van der Waals surface area contributed by atoms with Crippen molar-refractivity contribution in [2.75, 3.05) is 7.11 Å². The van der Waals surface area contributed by atoms with E-state index in [9.17, 15) is 4.79 Å². The minimum Gasteiger partial charge on any atom is -0.497 e. The van der Waals surface area contributed by atoms with Crippen LogP contribution in [0, 0.1) is 0 Å². The molecule has 0 bridgehead atoms. The van der Waals surface area contributed by atoms with E-state index in [2.05, 4.69) is 12.1 Å². The van der Waals surface area contributed by atoms with Crippen molar-refractivity contribution in [1.82, 2.24) is 0 Å². The number of hydrogen-bond donors (Lipinski definition) is 0. The van der Waals surface area contributed by atoms with Gasteiger partial charge in [0.05, 0.1) is 7.11 Å². The van der Waals surface area contributed by atoms with Crippen molar-refractivity contribution in [3.8, 4) is 5.75 Å². The number of ketones is 1. The average Bonchev–Trinajstić information content (AvgIpc) is 3.00. The predicted octanol–water partition coefficient (Wildman–Crippen LogP) is 5.66.